The Labute approximate surface area is 145 Å². The number of nitrogens with zero attached hydrogens (tertiary/aromatic N) is 5. The highest BCUT2D eigenvalue weighted by atomic mass is 16.2. The Hall–Kier alpha value is -2.96. The van der Waals surface area contributed by atoms with Gasteiger partial charge >= 0.3 is 0 Å². The number of amides is 1. The minimum Gasteiger partial charge on any atom is -0.328 e. The van der Waals surface area contributed by atoms with Crippen molar-refractivity contribution in [2.24, 2.45) is 0 Å². The number of fused-ring (bicyclic) bond motifs is 1. The largest absolute Gasteiger partial charge is 0.328 e. The number of nitrogens with one attached hydrogen (secondary N) is 1. The van der Waals surface area contributed by atoms with Gasteiger partial charge in [0, 0.05) is 36.2 Å². The van der Waals surface area contributed by atoms with Gasteiger partial charge in [-0.1, -0.05) is 5.21 Å². The molecule has 1 aliphatic rings. The van der Waals surface area contributed by atoms with Gasteiger partial charge in [0.25, 0.3) is 5.91 Å². The molecule has 0 radical (unpaired) electrons. The van der Waals surface area contributed by atoms with Crippen molar-refractivity contribution in [1.29, 1.82) is 0 Å². The van der Waals surface area contributed by atoms with Gasteiger partial charge in [-0.2, -0.15) is 0 Å². The molecule has 1 aliphatic heterocycles. The summed E-state index contributed by atoms with van der Waals surface area (Å²) in [6, 6.07) is 7.79. The lowest BCUT2D eigenvalue weighted by atomic mass is 10.1. The molecule has 4 rings (SSSR count). The Morgan fingerprint density at radius 3 is 2.84 bits per heavy atom. The highest BCUT2D eigenvalue weighted by Crippen LogP contribution is 2.25. The SMILES string of the molecule is CCn1nncc1C(=O)Nc1ccc(-c2ncc3n2CCCC3)cc1. The van der Waals surface area contributed by atoms with Crippen molar-refractivity contribution >= 4 is 11.6 Å². The summed E-state index contributed by atoms with van der Waals surface area (Å²) in [4.78, 5) is 16.9. The van der Waals surface area contributed by atoms with E-state index in [9.17, 15) is 4.79 Å². The Balaban J connectivity index is 1.53. The van der Waals surface area contributed by atoms with Gasteiger partial charge in [-0.3, -0.25) is 4.79 Å². The van der Waals surface area contributed by atoms with E-state index in [-0.39, 0.29) is 5.91 Å². The van der Waals surface area contributed by atoms with E-state index in [4.69, 9.17) is 0 Å². The fourth-order valence-corrected chi connectivity index (χ4v) is 3.23. The number of imidazole rings is 1. The Bertz CT molecular complexity index is 893. The van der Waals surface area contributed by atoms with Crippen molar-refractivity contribution in [3.05, 3.63) is 48.0 Å². The lowest BCUT2D eigenvalue weighted by Crippen LogP contribution is -2.17. The molecular formula is C18H20N6O. The van der Waals surface area contributed by atoms with Crippen LogP contribution in [0.4, 0.5) is 5.69 Å². The molecular weight excluding hydrogens is 316 g/mol. The molecule has 0 saturated heterocycles. The molecule has 1 aromatic carbocycles. The molecule has 0 saturated carbocycles. The highest BCUT2D eigenvalue weighted by molar-refractivity contribution is 6.02. The third-order valence-corrected chi connectivity index (χ3v) is 4.55. The maximum Gasteiger partial charge on any atom is 0.275 e. The fraction of sp³-hybridized carbons (Fsp3) is 0.333. The number of anilines is 1. The summed E-state index contributed by atoms with van der Waals surface area (Å²) >= 11 is 0. The minimum atomic E-state index is -0.210. The average Bonchev–Trinajstić information content (AvgIpc) is 3.29. The molecule has 7 heteroatoms. The number of carbonyl (C=O) groups is 1. The lowest BCUT2D eigenvalue weighted by Gasteiger charge is -2.16. The molecule has 2 aromatic heterocycles. The fourth-order valence-electron chi connectivity index (χ4n) is 3.23. The number of rotatable bonds is 4. The van der Waals surface area contributed by atoms with Crippen LogP contribution in [0.1, 0.15) is 35.9 Å². The number of benzene rings is 1. The molecule has 1 N–H and O–H groups in total. The first-order chi connectivity index (χ1) is 12.3. The van der Waals surface area contributed by atoms with Crippen LogP contribution in [0.15, 0.2) is 36.7 Å². The molecule has 0 atom stereocenters. The van der Waals surface area contributed by atoms with Crippen LogP contribution in [-0.4, -0.2) is 30.5 Å². The molecule has 25 heavy (non-hydrogen) atoms. The summed E-state index contributed by atoms with van der Waals surface area (Å²) in [6.07, 6.45) is 6.98. The number of hydrogen-bond donors (Lipinski definition) is 1. The molecule has 1 amide bonds. The van der Waals surface area contributed by atoms with E-state index in [2.05, 4.69) is 25.2 Å². The molecule has 3 aromatic rings. The summed E-state index contributed by atoms with van der Waals surface area (Å²) < 4.78 is 3.86. The van der Waals surface area contributed by atoms with Crippen LogP contribution in [0.5, 0.6) is 0 Å². The van der Waals surface area contributed by atoms with Crippen LogP contribution in [0.3, 0.4) is 0 Å². The monoisotopic (exact) mass is 336 g/mol. The van der Waals surface area contributed by atoms with Crippen molar-refractivity contribution < 1.29 is 4.79 Å². The second-order valence-electron chi connectivity index (χ2n) is 6.15. The molecule has 3 heterocycles. The zero-order valence-corrected chi connectivity index (χ0v) is 14.1. The third kappa shape index (κ3) is 2.93. The van der Waals surface area contributed by atoms with Gasteiger partial charge in [-0.25, -0.2) is 9.67 Å². The number of carbonyl (C=O) groups excluding carboxylic acids is 1. The predicted molar refractivity (Wildman–Crippen MR) is 94.3 cm³/mol. The van der Waals surface area contributed by atoms with Gasteiger partial charge in [0.15, 0.2) is 0 Å². The van der Waals surface area contributed by atoms with Crippen molar-refractivity contribution in [3.63, 3.8) is 0 Å². The van der Waals surface area contributed by atoms with Gasteiger partial charge in [0.2, 0.25) is 0 Å². The Morgan fingerprint density at radius 2 is 2.04 bits per heavy atom. The van der Waals surface area contributed by atoms with Gasteiger partial charge < -0.3 is 9.88 Å². The van der Waals surface area contributed by atoms with Crippen LogP contribution in [0.25, 0.3) is 11.4 Å². The molecule has 7 nitrogen and oxygen atoms in total. The molecule has 0 fully saturated rings. The topological polar surface area (TPSA) is 77.6 Å². The summed E-state index contributed by atoms with van der Waals surface area (Å²) in [5.41, 5.74) is 3.56. The number of hydrogen-bond acceptors (Lipinski definition) is 4. The Kier molecular flexibility index (Phi) is 4.05. The van der Waals surface area contributed by atoms with Crippen LogP contribution in [0.2, 0.25) is 0 Å². The second kappa shape index (κ2) is 6.51. The zero-order valence-electron chi connectivity index (χ0n) is 14.1. The first-order valence-electron chi connectivity index (χ1n) is 8.61. The van der Waals surface area contributed by atoms with E-state index < -0.39 is 0 Å². The van der Waals surface area contributed by atoms with Gasteiger partial charge in [-0.05, 0) is 50.5 Å². The lowest BCUT2D eigenvalue weighted by molar-refractivity contribution is 0.101. The second-order valence-corrected chi connectivity index (χ2v) is 6.15. The van der Waals surface area contributed by atoms with Gasteiger partial charge in [0.1, 0.15) is 11.5 Å². The first kappa shape index (κ1) is 15.6. The third-order valence-electron chi connectivity index (χ3n) is 4.55. The van der Waals surface area contributed by atoms with Gasteiger partial charge in [-0.15, -0.1) is 5.10 Å². The molecule has 0 aliphatic carbocycles. The van der Waals surface area contributed by atoms with Crippen LogP contribution in [0, 0.1) is 0 Å². The summed E-state index contributed by atoms with van der Waals surface area (Å²) in [5, 5.41) is 10.6. The van der Waals surface area contributed by atoms with Crippen molar-refractivity contribution in [2.75, 3.05) is 5.32 Å². The van der Waals surface area contributed by atoms with E-state index in [1.165, 1.54) is 24.7 Å². The maximum absolute atomic E-state index is 12.3. The summed E-state index contributed by atoms with van der Waals surface area (Å²) in [7, 11) is 0. The zero-order chi connectivity index (χ0) is 17.2. The summed E-state index contributed by atoms with van der Waals surface area (Å²) in [5.74, 6) is 0.790. The smallest absolute Gasteiger partial charge is 0.275 e. The first-order valence-corrected chi connectivity index (χ1v) is 8.61. The van der Waals surface area contributed by atoms with E-state index in [0.29, 0.717) is 12.2 Å². The quantitative estimate of drug-likeness (QED) is 0.795. The standard InChI is InChI=1S/C18H20N6O/c1-2-24-16(12-20-22-24)18(25)21-14-8-6-13(7-9-14)17-19-11-15-5-3-4-10-23(15)17/h6-9,11-12H,2-5,10H2,1H3,(H,21,25). The normalized spacial score (nSPS) is 13.5. The van der Waals surface area contributed by atoms with E-state index in [1.54, 1.807) is 4.68 Å². The average molecular weight is 336 g/mol. The van der Waals surface area contributed by atoms with Gasteiger partial charge in [0.05, 0.1) is 6.20 Å². The van der Waals surface area contributed by atoms with Crippen molar-refractivity contribution in [3.8, 4) is 11.4 Å². The number of aryl methyl sites for hydroxylation is 2. The summed E-state index contributed by atoms with van der Waals surface area (Å²) in [6.45, 7) is 3.55. The van der Waals surface area contributed by atoms with Crippen molar-refractivity contribution in [1.82, 2.24) is 24.5 Å². The molecule has 0 unspecified atom stereocenters. The van der Waals surface area contributed by atoms with E-state index in [1.807, 2.05) is 37.4 Å². The van der Waals surface area contributed by atoms with E-state index >= 15 is 0 Å². The van der Waals surface area contributed by atoms with E-state index in [0.717, 1.165) is 30.0 Å². The van der Waals surface area contributed by atoms with Crippen LogP contribution in [-0.2, 0) is 19.5 Å². The molecule has 0 bridgehead atoms. The molecule has 0 spiro atoms. The number of aromatic nitrogens is 5. The Morgan fingerprint density at radius 1 is 1.20 bits per heavy atom. The maximum atomic E-state index is 12.3. The minimum absolute atomic E-state index is 0.210. The van der Waals surface area contributed by atoms with Crippen molar-refractivity contribution in [2.45, 2.75) is 39.3 Å². The highest BCUT2D eigenvalue weighted by Gasteiger charge is 2.16. The van der Waals surface area contributed by atoms with Crippen LogP contribution < -0.4 is 5.32 Å². The van der Waals surface area contributed by atoms with Crippen LogP contribution >= 0.6 is 0 Å². The molecule has 128 valence electrons. The predicted octanol–water partition coefficient (Wildman–Crippen LogP) is 2.75.